The molecule has 1 N–H and O–H groups in total. The van der Waals surface area contributed by atoms with Crippen LogP contribution in [0.15, 0.2) is 72.0 Å². The second kappa shape index (κ2) is 12.3. The molecule has 0 radical (unpaired) electrons. The summed E-state index contributed by atoms with van der Waals surface area (Å²) in [5, 5.41) is 10.4. The molecule has 2 aromatic heterocycles. The molecule has 7 rings (SSSR count). The standard InChI is InChI=1S/C34H29BrClN5O9/c1-38-23-14-26(49-3)25(48-2)13-21(23)37-20(32(38)45)6-7-39-33(46)40-8-5-16-22(41(40)34(39)47)11-17-29(24(42)12-18(35)30(17)43)28(16)15-9-19(36)31(44)27(10-15)50-4/h5,9-10,12-14,22,28,44H,6-8,11H2,1-4H3/t22-,28+/m1/s1. The molecule has 2 atom stereocenters. The number of methoxy groups -OCH3 is 3. The lowest BCUT2D eigenvalue weighted by Gasteiger charge is -2.39. The Morgan fingerprint density at radius 1 is 0.980 bits per heavy atom. The highest BCUT2D eigenvalue weighted by molar-refractivity contribution is 9.12. The molecule has 0 saturated carbocycles. The van der Waals surface area contributed by atoms with Crippen LogP contribution in [-0.2, 0) is 36.1 Å². The largest absolute Gasteiger partial charge is 0.503 e. The number of hydrogen-bond donors (Lipinski definition) is 1. The summed E-state index contributed by atoms with van der Waals surface area (Å²) in [6, 6.07) is 5.49. The van der Waals surface area contributed by atoms with Crippen molar-refractivity contribution in [2.24, 2.45) is 7.05 Å². The first-order valence-electron chi connectivity index (χ1n) is 15.4. The van der Waals surface area contributed by atoms with Gasteiger partial charge in [0.15, 0.2) is 34.6 Å². The lowest BCUT2D eigenvalue weighted by molar-refractivity contribution is -0.115. The van der Waals surface area contributed by atoms with E-state index in [4.69, 9.17) is 25.8 Å². The third-order valence-electron chi connectivity index (χ3n) is 9.50. The maximum atomic E-state index is 14.1. The molecule has 2 aromatic carbocycles. The first kappa shape index (κ1) is 33.4. The summed E-state index contributed by atoms with van der Waals surface area (Å²) in [5.74, 6) is -1.03. The summed E-state index contributed by atoms with van der Waals surface area (Å²) in [4.78, 5) is 72.8. The summed E-state index contributed by atoms with van der Waals surface area (Å²) in [6.45, 7) is -0.157. The molecule has 1 aliphatic heterocycles. The van der Waals surface area contributed by atoms with Gasteiger partial charge in [-0.25, -0.2) is 28.5 Å². The zero-order chi connectivity index (χ0) is 35.8. The second-order valence-corrected chi connectivity index (χ2v) is 13.3. The van der Waals surface area contributed by atoms with Gasteiger partial charge in [-0.15, -0.1) is 0 Å². The number of carbonyl (C=O) groups excluding carboxylic acids is 2. The number of rotatable bonds is 7. The van der Waals surface area contributed by atoms with Crippen molar-refractivity contribution < 1.29 is 28.9 Å². The Morgan fingerprint density at radius 3 is 2.38 bits per heavy atom. The summed E-state index contributed by atoms with van der Waals surface area (Å²) in [5.41, 5.74) is 0.931. The van der Waals surface area contributed by atoms with Crippen LogP contribution in [0.25, 0.3) is 11.0 Å². The molecule has 258 valence electrons. The predicted molar refractivity (Wildman–Crippen MR) is 185 cm³/mol. The number of ether oxygens (including phenoxy) is 3. The number of phenols is 1. The summed E-state index contributed by atoms with van der Waals surface area (Å²) < 4.78 is 21.2. The summed E-state index contributed by atoms with van der Waals surface area (Å²) in [7, 11) is 5.93. The van der Waals surface area contributed by atoms with Crippen molar-refractivity contribution in [3.05, 3.63) is 105 Å². The number of fused-ring (bicyclic) bond motifs is 4. The quantitative estimate of drug-likeness (QED) is 0.218. The van der Waals surface area contributed by atoms with Gasteiger partial charge in [0.05, 0.1) is 54.5 Å². The SMILES string of the molecule is COc1cc2nc(CCn3c(=O)n4n(c3=O)[C@@H]3CC5=C(C(=O)C=C(Br)C5=O)[C@@H](c5cc(Cl)c(O)c(OC)c5)C3=CC4)c(=O)n(C)c2cc1OC. The van der Waals surface area contributed by atoms with E-state index < -0.39 is 40.5 Å². The van der Waals surface area contributed by atoms with E-state index in [0.717, 1.165) is 4.57 Å². The van der Waals surface area contributed by atoms with Crippen LogP contribution in [0, 0.1) is 0 Å². The number of phenolic OH excluding ortho intramolecular Hbond substituents is 1. The molecule has 0 fully saturated rings. The molecule has 3 heterocycles. The van der Waals surface area contributed by atoms with E-state index in [1.54, 1.807) is 25.3 Å². The highest BCUT2D eigenvalue weighted by Crippen LogP contribution is 2.51. The normalized spacial score (nSPS) is 18.4. The van der Waals surface area contributed by atoms with Crippen LogP contribution in [0.3, 0.4) is 0 Å². The Labute approximate surface area is 296 Å². The van der Waals surface area contributed by atoms with Crippen molar-refractivity contribution in [3.63, 3.8) is 0 Å². The zero-order valence-corrected chi connectivity index (χ0v) is 29.5. The van der Waals surface area contributed by atoms with Crippen molar-refractivity contribution in [1.82, 2.24) is 23.5 Å². The monoisotopic (exact) mass is 765 g/mol. The summed E-state index contributed by atoms with van der Waals surface area (Å²) in [6.07, 6.45) is 2.92. The van der Waals surface area contributed by atoms with E-state index in [-0.39, 0.29) is 63.8 Å². The minimum atomic E-state index is -0.844. The number of ketones is 2. The molecule has 2 aliphatic carbocycles. The van der Waals surface area contributed by atoms with Crippen LogP contribution in [0.1, 0.15) is 29.6 Å². The lowest BCUT2D eigenvalue weighted by atomic mass is 9.69. The minimum Gasteiger partial charge on any atom is -0.503 e. The molecule has 0 unspecified atom stereocenters. The Hall–Kier alpha value is -5.15. The fourth-order valence-electron chi connectivity index (χ4n) is 7.10. The van der Waals surface area contributed by atoms with Crippen LogP contribution < -0.4 is 31.1 Å². The first-order valence-corrected chi connectivity index (χ1v) is 16.6. The van der Waals surface area contributed by atoms with Gasteiger partial charge in [-0.2, -0.15) is 0 Å². The molecule has 3 aliphatic rings. The maximum Gasteiger partial charge on any atom is 0.347 e. The number of nitrogens with zero attached hydrogens (tertiary/aromatic N) is 5. The van der Waals surface area contributed by atoms with Gasteiger partial charge in [-0.05, 0) is 39.2 Å². The average molecular weight is 767 g/mol. The Bertz CT molecular complexity index is 2470. The number of aryl methyl sites for hydroxylation is 2. The Kier molecular flexibility index (Phi) is 8.22. The number of halogens is 2. The molecular formula is C34H29BrClN5O9. The average Bonchev–Trinajstić information content (AvgIpc) is 3.36. The molecule has 50 heavy (non-hydrogen) atoms. The molecule has 14 nitrogen and oxygen atoms in total. The van der Waals surface area contributed by atoms with Gasteiger partial charge >= 0.3 is 11.4 Å². The van der Waals surface area contributed by atoms with E-state index in [9.17, 15) is 29.1 Å². The zero-order valence-electron chi connectivity index (χ0n) is 27.2. The topological polar surface area (TPSA) is 166 Å². The highest BCUT2D eigenvalue weighted by Gasteiger charge is 2.45. The van der Waals surface area contributed by atoms with Crippen molar-refractivity contribution in [2.75, 3.05) is 21.3 Å². The van der Waals surface area contributed by atoms with E-state index in [0.29, 0.717) is 33.7 Å². The highest BCUT2D eigenvalue weighted by atomic mass is 79.9. The van der Waals surface area contributed by atoms with Gasteiger partial charge in [0.1, 0.15) is 5.69 Å². The lowest BCUT2D eigenvalue weighted by Crippen LogP contribution is -2.40. The Balaban J connectivity index is 1.31. The molecular weight excluding hydrogens is 738 g/mol. The summed E-state index contributed by atoms with van der Waals surface area (Å²) >= 11 is 9.57. The van der Waals surface area contributed by atoms with Crippen LogP contribution in [0.5, 0.6) is 23.0 Å². The van der Waals surface area contributed by atoms with E-state index >= 15 is 0 Å². The third kappa shape index (κ3) is 4.97. The Morgan fingerprint density at radius 2 is 1.68 bits per heavy atom. The van der Waals surface area contributed by atoms with Gasteiger partial charge in [0.2, 0.25) is 0 Å². The van der Waals surface area contributed by atoms with Crippen LogP contribution in [-0.4, -0.2) is 61.5 Å². The number of aromatic nitrogens is 5. The number of allylic oxidation sites excluding steroid dienone is 6. The molecule has 0 amide bonds. The van der Waals surface area contributed by atoms with E-state index in [1.807, 2.05) is 0 Å². The smallest absolute Gasteiger partial charge is 0.347 e. The van der Waals surface area contributed by atoms with Gasteiger partial charge in [-0.1, -0.05) is 17.7 Å². The van der Waals surface area contributed by atoms with Gasteiger partial charge in [0, 0.05) is 61.7 Å². The van der Waals surface area contributed by atoms with Crippen LogP contribution in [0.2, 0.25) is 5.02 Å². The molecule has 16 heteroatoms. The number of Topliss-reactive ketones (excluding diaryl/α,β-unsaturated/α-hetero) is 1. The van der Waals surface area contributed by atoms with Crippen molar-refractivity contribution >= 4 is 50.1 Å². The molecule has 4 aromatic rings. The molecule has 0 bridgehead atoms. The third-order valence-corrected chi connectivity index (χ3v) is 10.4. The fourth-order valence-corrected chi connectivity index (χ4v) is 7.77. The molecule has 0 spiro atoms. The van der Waals surface area contributed by atoms with Crippen LogP contribution in [0.4, 0.5) is 0 Å². The van der Waals surface area contributed by atoms with Crippen molar-refractivity contribution in [3.8, 4) is 23.0 Å². The predicted octanol–water partition coefficient (Wildman–Crippen LogP) is 3.08. The number of aromatic hydroxyl groups is 1. The van der Waals surface area contributed by atoms with Gasteiger partial charge in [-0.3, -0.25) is 14.4 Å². The van der Waals surface area contributed by atoms with Gasteiger partial charge in [0.25, 0.3) is 5.56 Å². The van der Waals surface area contributed by atoms with Crippen molar-refractivity contribution in [2.45, 2.75) is 37.9 Å². The number of hydrogen-bond acceptors (Lipinski definition) is 10. The molecule has 0 saturated heterocycles. The van der Waals surface area contributed by atoms with Gasteiger partial charge < -0.3 is 23.9 Å². The number of benzene rings is 2. The fraction of sp³-hybridized carbons (Fsp3) is 0.294. The minimum absolute atomic E-state index is 0.00570. The van der Waals surface area contributed by atoms with E-state index in [1.165, 1.54) is 53.5 Å². The van der Waals surface area contributed by atoms with Crippen LogP contribution >= 0.6 is 27.5 Å². The second-order valence-electron chi connectivity index (χ2n) is 12.0. The first-order chi connectivity index (χ1) is 23.9. The maximum absolute atomic E-state index is 14.1. The van der Waals surface area contributed by atoms with Crippen molar-refractivity contribution in [1.29, 1.82) is 0 Å². The number of carbonyl (C=O) groups is 2. The van der Waals surface area contributed by atoms with E-state index in [2.05, 4.69) is 20.9 Å².